The van der Waals surface area contributed by atoms with Gasteiger partial charge in [0.15, 0.2) is 12.4 Å². The molecule has 0 bridgehead atoms. The number of nitrogens with zero attached hydrogens (tertiary/aromatic N) is 3. The molecule has 0 aliphatic carbocycles. The third-order valence-corrected chi connectivity index (χ3v) is 2.90. The predicted molar refractivity (Wildman–Crippen MR) is 78.2 cm³/mol. The van der Waals surface area contributed by atoms with Crippen molar-refractivity contribution >= 4 is 11.7 Å². The van der Waals surface area contributed by atoms with Crippen molar-refractivity contribution in [3.63, 3.8) is 0 Å². The fourth-order valence-electron chi connectivity index (χ4n) is 1.89. The highest BCUT2D eigenvalue weighted by Gasteiger charge is 2.28. The number of carbonyl (C=O) groups excluding carboxylic acids is 1. The Labute approximate surface area is 135 Å². The first-order valence-electron chi connectivity index (χ1n) is 6.79. The molecule has 126 valence electrons. The summed E-state index contributed by atoms with van der Waals surface area (Å²) in [5.74, 6) is -0.169. The number of aryl methyl sites for hydroxylation is 1. The fraction of sp³-hybridized carbons (Fsp3) is 0.267. The second-order valence-corrected chi connectivity index (χ2v) is 4.95. The Morgan fingerprint density at radius 2 is 2.04 bits per heavy atom. The molecule has 1 N–H and O–H groups in total. The van der Waals surface area contributed by atoms with Crippen molar-refractivity contribution in [3.05, 3.63) is 41.6 Å². The van der Waals surface area contributed by atoms with Crippen LogP contribution in [-0.4, -0.2) is 28.5 Å². The summed E-state index contributed by atoms with van der Waals surface area (Å²) < 4.78 is 42.2. The van der Waals surface area contributed by atoms with Gasteiger partial charge in [-0.2, -0.15) is 23.5 Å². The van der Waals surface area contributed by atoms with Crippen molar-refractivity contribution in [1.82, 2.24) is 9.78 Å². The number of rotatable bonds is 5. The molecule has 24 heavy (non-hydrogen) atoms. The largest absolute Gasteiger partial charge is 0.484 e. The number of ether oxygens (including phenoxy) is 1. The Morgan fingerprint density at radius 3 is 2.62 bits per heavy atom. The first kappa shape index (κ1) is 17.3. The van der Waals surface area contributed by atoms with Gasteiger partial charge >= 0.3 is 6.18 Å². The van der Waals surface area contributed by atoms with Gasteiger partial charge in [0.05, 0.1) is 6.42 Å². The molecule has 0 atom stereocenters. The van der Waals surface area contributed by atoms with Gasteiger partial charge in [-0.1, -0.05) is 12.1 Å². The average molecular weight is 338 g/mol. The van der Waals surface area contributed by atoms with Gasteiger partial charge in [0, 0.05) is 13.2 Å². The van der Waals surface area contributed by atoms with E-state index in [-0.39, 0.29) is 23.6 Å². The van der Waals surface area contributed by atoms with Crippen molar-refractivity contribution in [2.45, 2.75) is 12.6 Å². The average Bonchev–Trinajstić information content (AvgIpc) is 2.85. The van der Waals surface area contributed by atoms with Gasteiger partial charge in [0.25, 0.3) is 0 Å². The smallest absolute Gasteiger partial charge is 0.422 e. The van der Waals surface area contributed by atoms with E-state index in [1.54, 1.807) is 7.05 Å². The summed E-state index contributed by atoms with van der Waals surface area (Å²) in [5, 5.41) is 15.4. The zero-order chi connectivity index (χ0) is 17.7. The Hall–Kier alpha value is -3.02. The second-order valence-electron chi connectivity index (χ2n) is 4.95. The predicted octanol–water partition coefficient (Wildman–Crippen LogP) is 2.41. The molecule has 2 rings (SSSR count). The number of halogens is 3. The maximum absolute atomic E-state index is 12.1. The zero-order valence-corrected chi connectivity index (χ0v) is 12.6. The van der Waals surface area contributed by atoms with E-state index in [4.69, 9.17) is 5.26 Å². The minimum atomic E-state index is -4.40. The van der Waals surface area contributed by atoms with Crippen LogP contribution in [0, 0.1) is 11.3 Å². The number of carbonyl (C=O) groups is 1. The van der Waals surface area contributed by atoms with Gasteiger partial charge in [-0.05, 0) is 17.7 Å². The Bertz CT molecular complexity index is 761. The Kier molecular flexibility index (Phi) is 5.08. The first-order chi connectivity index (χ1) is 11.3. The molecule has 0 aliphatic rings. The van der Waals surface area contributed by atoms with E-state index in [9.17, 15) is 18.0 Å². The van der Waals surface area contributed by atoms with Crippen molar-refractivity contribution in [3.8, 4) is 11.8 Å². The molecule has 0 saturated carbocycles. The van der Waals surface area contributed by atoms with Crippen molar-refractivity contribution in [1.29, 1.82) is 5.26 Å². The van der Waals surface area contributed by atoms with Gasteiger partial charge in [-0.25, -0.2) is 0 Å². The quantitative estimate of drug-likeness (QED) is 0.908. The van der Waals surface area contributed by atoms with E-state index < -0.39 is 18.7 Å². The molecule has 0 unspecified atom stereocenters. The summed E-state index contributed by atoms with van der Waals surface area (Å²) in [6.07, 6.45) is -2.94. The zero-order valence-electron chi connectivity index (χ0n) is 12.6. The van der Waals surface area contributed by atoms with E-state index in [0.29, 0.717) is 5.56 Å². The van der Waals surface area contributed by atoms with E-state index >= 15 is 0 Å². The highest BCUT2D eigenvalue weighted by atomic mass is 19.4. The molecule has 2 aromatic rings. The molecule has 0 aliphatic heterocycles. The van der Waals surface area contributed by atoms with Crippen LogP contribution in [0.5, 0.6) is 5.75 Å². The minimum Gasteiger partial charge on any atom is -0.484 e. The van der Waals surface area contributed by atoms with Gasteiger partial charge < -0.3 is 10.1 Å². The standard InChI is InChI=1S/C15H13F3N4O2/c1-22-8-11(7-19)14(21-22)20-13(23)6-10-2-4-12(5-3-10)24-9-15(16,17)18/h2-5,8H,6,9H2,1H3,(H,20,21,23). The van der Waals surface area contributed by atoms with Crippen LogP contribution in [0.25, 0.3) is 0 Å². The monoisotopic (exact) mass is 338 g/mol. The van der Waals surface area contributed by atoms with E-state index in [1.165, 1.54) is 35.1 Å². The normalized spacial score (nSPS) is 11.0. The number of amides is 1. The van der Waals surface area contributed by atoms with Crippen LogP contribution in [0.15, 0.2) is 30.5 Å². The lowest BCUT2D eigenvalue weighted by Gasteiger charge is -2.09. The molecule has 1 amide bonds. The molecule has 0 fully saturated rings. The number of nitrogens with one attached hydrogen (secondary N) is 1. The van der Waals surface area contributed by atoms with Crippen LogP contribution in [-0.2, 0) is 18.3 Å². The van der Waals surface area contributed by atoms with Crippen LogP contribution in [0.3, 0.4) is 0 Å². The van der Waals surface area contributed by atoms with E-state index in [1.807, 2.05) is 6.07 Å². The molecule has 1 aromatic carbocycles. The number of nitriles is 1. The van der Waals surface area contributed by atoms with Gasteiger partial charge in [-0.15, -0.1) is 0 Å². The van der Waals surface area contributed by atoms with Crippen LogP contribution in [0.1, 0.15) is 11.1 Å². The summed E-state index contributed by atoms with van der Waals surface area (Å²) in [5.41, 5.74) is 0.822. The van der Waals surface area contributed by atoms with Crippen molar-refractivity contribution in [2.75, 3.05) is 11.9 Å². The summed E-state index contributed by atoms with van der Waals surface area (Å²) in [4.78, 5) is 12.0. The highest BCUT2D eigenvalue weighted by Crippen LogP contribution is 2.19. The molecule has 6 nitrogen and oxygen atoms in total. The van der Waals surface area contributed by atoms with Gasteiger partial charge in [0.2, 0.25) is 5.91 Å². The Morgan fingerprint density at radius 1 is 1.38 bits per heavy atom. The molecule has 0 radical (unpaired) electrons. The number of benzene rings is 1. The van der Waals surface area contributed by atoms with Crippen LogP contribution < -0.4 is 10.1 Å². The van der Waals surface area contributed by atoms with Crippen LogP contribution in [0.4, 0.5) is 19.0 Å². The number of alkyl halides is 3. The lowest BCUT2D eigenvalue weighted by atomic mass is 10.1. The van der Waals surface area contributed by atoms with Gasteiger partial charge in [-0.3, -0.25) is 9.48 Å². The van der Waals surface area contributed by atoms with E-state index in [2.05, 4.69) is 15.2 Å². The molecular weight excluding hydrogens is 325 g/mol. The summed E-state index contributed by atoms with van der Waals surface area (Å²) in [6, 6.07) is 7.62. The third-order valence-electron chi connectivity index (χ3n) is 2.90. The second kappa shape index (κ2) is 7.04. The van der Waals surface area contributed by atoms with Crippen molar-refractivity contribution in [2.24, 2.45) is 7.05 Å². The fourth-order valence-corrected chi connectivity index (χ4v) is 1.89. The lowest BCUT2D eigenvalue weighted by Crippen LogP contribution is -2.19. The molecule has 0 saturated heterocycles. The molecule has 9 heteroatoms. The SMILES string of the molecule is Cn1cc(C#N)c(NC(=O)Cc2ccc(OCC(F)(F)F)cc2)n1. The van der Waals surface area contributed by atoms with E-state index in [0.717, 1.165) is 0 Å². The maximum Gasteiger partial charge on any atom is 0.422 e. The third kappa shape index (κ3) is 5.01. The lowest BCUT2D eigenvalue weighted by molar-refractivity contribution is -0.153. The Balaban J connectivity index is 1.93. The van der Waals surface area contributed by atoms with Crippen LogP contribution in [0.2, 0.25) is 0 Å². The maximum atomic E-state index is 12.1. The summed E-state index contributed by atoms with van der Waals surface area (Å²) in [7, 11) is 1.62. The molecule has 1 heterocycles. The molecule has 0 spiro atoms. The number of anilines is 1. The summed E-state index contributed by atoms with van der Waals surface area (Å²) in [6.45, 7) is -1.37. The molecular formula is C15H13F3N4O2. The topological polar surface area (TPSA) is 79.9 Å². The van der Waals surface area contributed by atoms with Crippen LogP contribution >= 0.6 is 0 Å². The number of aromatic nitrogens is 2. The highest BCUT2D eigenvalue weighted by molar-refractivity contribution is 5.92. The number of hydrogen-bond donors (Lipinski definition) is 1. The van der Waals surface area contributed by atoms with Gasteiger partial charge in [0.1, 0.15) is 17.4 Å². The first-order valence-corrected chi connectivity index (χ1v) is 6.79. The summed E-state index contributed by atoms with van der Waals surface area (Å²) >= 11 is 0. The minimum absolute atomic E-state index is 0.0129. The molecule has 1 aromatic heterocycles. The number of hydrogen-bond acceptors (Lipinski definition) is 4. The van der Waals surface area contributed by atoms with Crippen molar-refractivity contribution < 1.29 is 22.7 Å².